The maximum atomic E-state index is 11.2. The number of imidazole rings is 1. The van der Waals surface area contributed by atoms with Gasteiger partial charge in [-0.05, 0) is 6.26 Å². The number of aromatic nitrogens is 4. The van der Waals surface area contributed by atoms with Gasteiger partial charge in [-0.1, -0.05) is 0 Å². The highest BCUT2D eigenvalue weighted by molar-refractivity contribution is 7.98. The molecule has 2 aromatic rings. The summed E-state index contributed by atoms with van der Waals surface area (Å²) in [7, 11) is 0. The topological polar surface area (TPSA) is 122 Å². The van der Waals surface area contributed by atoms with Gasteiger partial charge in [0.2, 0.25) is 11.9 Å². The first-order valence-corrected chi connectivity index (χ1v) is 8.26. The normalized spacial score (nSPS) is 24.3. The second-order valence-electron chi connectivity index (χ2n) is 5.18. The number of carbonyl (C=O) groups excluding carboxylic acids is 1. The monoisotopic (exact) mass is 339 g/mol. The first kappa shape index (κ1) is 16.1. The van der Waals surface area contributed by atoms with Gasteiger partial charge >= 0.3 is 0 Å². The summed E-state index contributed by atoms with van der Waals surface area (Å²) < 4.78 is 7.32. The van der Waals surface area contributed by atoms with E-state index < -0.39 is 18.4 Å². The maximum Gasteiger partial charge on any atom is 0.232 e. The first-order valence-electron chi connectivity index (χ1n) is 7.04. The molecule has 1 aliphatic rings. The molecule has 0 spiro atoms. The summed E-state index contributed by atoms with van der Waals surface area (Å²) in [6.45, 7) is 1.12. The molecule has 1 amide bonds. The molecular formula is C13H17N5O4S. The van der Waals surface area contributed by atoms with Crippen molar-refractivity contribution in [1.29, 1.82) is 0 Å². The first-order chi connectivity index (χ1) is 11.0. The Morgan fingerprint density at radius 1 is 1.57 bits per heavy atom. The predicted molar refractivity (Wildman–Crippen MR) is 83.0 cm³/mol. The third-order valence-corrected chi connectivity index (χ3v) is 4.24. The van der Waals surface area contributed by atoms with Gasteiger partial charge in [0.05, 0.1) is 19.0 Å². The van der Waals surface area contributed by atoms with Crippen molar-refractivity contribution in [1.82, 2.24) is 19.5 Å². The van der Waals surface area contributed by atoms with Crippen LogP contribution in [0.1, 0.15) is 19.6 Å². The Morgan fingerprint density at radius 3 is 2.96 bits per heavy atom. The lowest BCUT2D eigenvalue weighted by atomic mass is 10.2. The van der Waals surface area contributed by atoms with Crippen molar-refractivity contribution in [3.05, 3.63) is 6.33 Å². The summed E-state index contributed by atoms with van der Waals surface area (Å²) in [5.41, 5.74) is 1.10. The largest absolute Gasteiger partial charge is 0.394 e. The number of amides is 1. The minimum Gasteiger partial charge on any atom is -0.394 e. The Hall–Kier alpha value is -1.75. The molecule has 1 aliphatic heterocycles. The molecule has 9 nitrogen and oxygen atoms in total. The predicted octanol–water partition coefficient (Wildman–Crippen LogP) is 0.147. The zero-order valence-corrected chi connectivity index (χ0v) is 13.4. The number of nitrogens with one attached hydrogen (secondary N) is 1. The van der Waals surface area contributed by atoms with E-state index in [0.717, 1.165) is 0 Å². The van der Waals surface area contributed by atoms with Crippen LogP contribution in [0.4, 0.5) is 5.95 Å². The fraction of sp³-hybridized carbons (Fsp3) is 0.538. The van der Waals surface area contributed by atoms with Crippen LogP contribution in [0.15, 0.2) is 11.4 Å². The molecule has 3 unspecified atom stereocenters. The fourth-order valence-corrected chi connectivity index (χ4v) is 3.02. The van der Waals surface area contributed by atoms with Gasteiger partial charge in [-0.3, -0.25) is 14.7 Å². The van der Waals surface area contributed by atoms with Crippen LogP contribution < -0.4 is 5.32 Å². The van der Waals surface area contributed by atoms with E-state index in [0.29, 0.717) is 22.6 Å². The van der Waals surface area contributed by atoms with Crippen LogP contribution in [0, 0.1) is 0 Å². The van der Waals surface area contributed by atoms with Crippen LogP contribution in [0.25, 0.3) is 11.2 Å². The van der Waals surface area contributed by atoms with Gasteiger partial charge in [0.1, 0.15) is 22.9 Å². The van der Waals surface area contributed by atoms with Gasteiger partial charge in [-0.25, -0.2) is 9.97 Å². The zero-order valence-electron chi connectivity index (χ0n) is 12.6. The summed E-state index contributed by atoms with van der Waals surface area (Å²) >= 11 is 1.39. The highest BCUT2D eigenvalue weighted by Crippen LogP contribution is 2.32. The third kappa shape index (κ3) is 3.02. The SMILES string of the molecule is CSc1nc(NC(C)=O)nc2c1ncn2C1CC(O)C(CO)O1. The summed E-state index contributed by atoms with van der Waals surface area (Å²) in [5.74, 6) is -0.0799. The number of aliphatic hydroxyl groups excluding tert-OH is 2. The molecule has 3 atom stereocenters. The number of hydrogen-bond donors (Lipinski definition) is 3. The number of hydrogen-bond acceptors (Lipinski definition) is 8. The van der Waals surface area contributed by atoms with E-state index in [1.807, 2.05) is 6.26 Å². The molecule has 0 bridgehead atoms. The molecule has 3 heterocycles. The number of ether oxygens (including phenoxy) is 1. The van der Waals surface area contributed by atoms with Gasteiger partial charge < -0.3 is 14.9 Å². The van der Waals surface area contributed by atoms with Crippen molar-refractivity contribution in [3.63, 3.8) is 0 Å². The van der Waals surface area contributed by atoms with E-state index >= 15 is 0 Å². The van der Waals surface area contributed by atoms with E-state index in [-0.39, 0.29) is 18.5 Å². The second kappa shape index (κ2) is 6.40. The summed E-state index contributed by atoms with van der Waals surface area (Å²) in [4.78, 5) is 24.1. The summed E-state index contributed by atoms with van der Waals surface area (Å²) in [6.07, 6.45) is 1.88. The van der Waals surface area contributed by atoms with E-state index in [4.69, 9.17) is 4.74 Å². The quantitative estimate of drug-likeness (QED) is 0.531. The number of anilines is 1. The smallest absolute Gasteiger partial charge is 0.232 e. The Bertz CT molecular complexity index is 736. The molecule has 1 fully saturated rings. The number of aliphatic hydroxyl groups is 2. The van der Waals surface area contributed by atoms with Crippen LogP contribution >= 0.6 is 11.8 Å². The van der Waals surface area contributed by atoms with E-state index in [9.17, 15) is 15.0 Å². The lowest BCUT2D eigenvalue weighted by Crippen LogP contribution is -2.24. The van der Waals surface area contributed by atoms with Gasteiger partial charge in [0.15, 0.2) is 5.65 Å². The third-order valence-electron chi connectivity index (χ3n) is 3.56. The van der Waals surface area contributed by atoms with Crippen molar-refractivity contribution >= 4 is 34.8 Å². The second-order valence-corrected chi connectivity index (χ2v) is 5.97. The molecule has 0 aromatic carbocycles. The number of carbonyl (C=O) groups is 1. The Morgan fingerprint density at radius 2 is 2.35 bits per heavy atom. The van der Waals surface area contributed by atoms with E-state index in [1.54, 1.807) is 10.9 Å². The summed E-state index contributed by atoms with van der Waals surface area (Å²) in [6, 6.07) is 0. The van der Waals surface area contributed by atoms with Gasteiger partial charge in [-0.2, -0.15) is 4.98 Å². The standard InChI is InChI=1S/C13H17N5O4S/c1-6(20)15-13-16-11-10(12(17-13)23-2)14-5-18(11)9-3-7(21)8(4-19)22-9/h5,7-9,19,21H,3-4H2,1-2H3,(H,15,16,17,20). The van der Waals surface area contributed by atoms with Gasteiger partial charge in [-0.15, -0.1) is 11.8 Å². The Balaban J connectivity index is 2.03. The Kier molecular flexibility index (Phi) is 4.48. The summed E-state index contributed by atoms with van der Waals surface area (Å²) in [5, 5.41) is 22.3. The van der Waals surface area contributed by atoms with Crippen LogP contribution in [0.5, 0.6) is 0 Å². The minimum atomic E-state index is -0.751. The van der Waals surface area contributed by atoms with Crippen LogP contribution in [-0.4, -0.2) is 60.7 Å². The Labute approximate surface area is 136 Å². The molecule has 0 aliphatic carbocycles. The molecule has 124 valence electrons. The average Bonchev–Trinajstić information content (AvgIpc) is 3.08. The maximum absolute atomic E-state index is 11.2. The molecule has 3 N–H and O–H groups in total. The molecule has 23 heavy (non-hydrogen) atoms. The van der Waals surface area contributed by atoms with E-state index in [1.165, 1.54) is 18.7 Å². The molecular weight excluding hydrogens is 322 g/mol. The highest BCUT2D eigenvalue weighted by atomic mass is 32.2. The van der Waals surface area contributed by atoms with Crippen molar-refractivity contribution in [3.8, 4) is 0 Å². The molecule has 0 radical (unpaired) electrons. The number of rotatable bonds is 4. The van der Waals surface area contributed by atoms with Gasteiger partial charge in [0.25, 0.3) is 0 Å². The molecule has 3 rings (SSSR count). The highest BCUT2D eigenvalue weighted by Gasteiger charge is 2.35. The van der Waals surface area contributed by atoms with Crippen molar-refractivity contribution < 1.29 is 19.7 Å². The lowest BCUT2D eigenvalue weighted by Gasteiger charge is -2.14. The minimum absolute atomic E-state index is 0.188. The molecule has 2 aromatic heterocycles. The fourth-order valence-electron chi connectivity index (χ4n) is 2.51. The number of nitrogens with zero attached hydrogens (tertiary/aromatic N) is 4. The van der Waals surface area contributed by atoms with Gasteiger partial charge in [0, 0.05) is 13.3 Å². The van der Waals surface area contributed by atoms with Crippen molar-refractivity contribution in [2.75, 3.05) is 18.2 Å². The zero-order chi connectivity index (χ0) is 16.6. The van der Waals surface area contributed by atoms with Crippen LogP contribution in [0.2, 0.25) is 0 Å². The van der Waals surface area contributed by atoms with Crippen molar-refractivity contribution in [2.45, 2.75) is 36.8 Å². The van der Waals surface area contributed by atoms with Crippen molar-refractivity contribution in [2.24, 2.45) is 0 Å². The average molecular weight is 339 g/mol. The number of thioether (sulfide) groups is 1. The lowest BCUT2D eigenvalue weighted by molar-refractivity contribution is -0.114. The number of fused-ring (bicyclic) bond motifs is 1. The van der Waals surface area contributed by atoms with Crippen LogP contribution in [0.3, 0.4) is 0 Å². The van der Waals surface area contributed by atoms with E-state index in [2.05, 4.69) is 20.3 Å². The molecule has 1 saturated heterocycles. The molecule has 0 saturated carbocycles. The molecule has 10 heteroatoms. The van der Waals surface area contributed by atoms with Crippen LogP contribution in [-0.2, 0) is 9.53 Å².